The van der Waals surface area contributed by atoms with Gasteiger partial charge in [0.2, 0.25) is 0 Å². The van der Waals surface area contributed by atoms with E-state index in [0.29, 0.717) is 0 Å². The first-order valence-electron chi connectivity index (χ1n) is 10.3. The van der Waals surface area contributed by atoms with Crippen LogP contribution in [0.5, 0.6) is 0 Å². The van der Waals surface area contributed by atoms with Crippen molar-refractivity contribution in [2.45, 2.75) is 38.0 Å². The molecule has 0 saturated heterocycles. The van der Waals surface area contributed by atoms with E-state index >= 15 is 0 Å². The number of nitrogens with one attached hydrogen (secondary N) is 3. The molecule has 1 aromatic heterocycles. The van der Waals surface area contributed by atoms with Crippen molar-refractivity contribution in [3.63, 3.8) is 0 Å². The van der Waals surface area contributed by atoms with Gasteiger partial charge in [0, 0.05) is 24.9 Å². The molecule has 0 unspecified atom stereocenters. The minimum atomic E-state index is 0. The number of benzene rings is 2. The van der Waals surface area contributed by atoms with E-state index < -0.39 is 0 Å². The zero-order valence-electron chi connectivity index (χ0n) is 16.9. The van der Waals surface area contributed by atoms with Gasteiger partial charge in [-0.3, -0.25) is 4.99 Å². The molecule has 0 aliphatic heterocycles. The molecule has 5 nitrogen and oxygen atoms in total. The number of aromatic amines is 1. The van der Waals surface area contributed by atoms with Gasteiger partial charge in [-0.1, -0.05) is 42.5 Å². The van der Waals surface area contributed by atoms with Crippen LogP contribution in [0.15, 0.2) is 59.6 Å². The summed E-state index contributed by atoms with van der Waals surface area (Å²) in [5, 5.41) is 6.84. The smallest absolute Gasteiger partial charge is 0.191 e. The first kappa shape index (κ1) is 21.6. The Morgan fingerprint density at radius 3 is 2.55 bits per heavy atom. The van der Waals surface area contributed by atoms with Gasteiger partial charge in [-0.25, -0.2) is 4.98 Å². The standard InChI is InChI=1S/C23H29N5.HI/c1-2-24-22(26-17-23(14-15-23)18-9-4-3-5-10-18)25-16-8-13-21-27-19-11-6-7-12-20(19)28-21;/h3-7,9-12H,2,8,13-17H2,1H3,(H,27,28)(H2,24,25,26);1H. The number of guanidine groups is 1. The second-order valence-electron chi connectivity index (χ2n) is 7.57. The monoisotopic (exact) mass is 503 g/mol. The Balaban J connectivity index is 0.00000240. The lowest BCUT2D eigenvalue weighted by atomic mass is 9.96. The van der Waals surface area contributed by atoms with Gasteiger partial charge in [0.1, 0.15) is 5.82 Å². The summed E-state index contributed by atoms with van der Waals surface area (Å²) in [5.74, 6) is 1.96. The first-order chi connectivity index (χ1) is 13.8. The SMILES string of the molecule is CCNC(=NCC1(c2ccccc2)CC1)NCCCc1nc2ccccc2[nH]1.I. The van der Waals surface area contributed by atoms with Crippen molar-refractivity contribution in [3.8, 4) is 0 Å². The van der Waals surface area contributed by atoms with E-state index in [0.717, 1.165) is 55.3 Å². The van der Waals surface area contributed by atoms with Crippen LogP contribution in [0.3, 0.4) is 0 Å². The fourth-order valence-corrected chi connectivity index (χ4v) is 3.64. The fourth-order valence-electron chi connectivity index (χ4n) is 3.64. The predicted octanol–water partition coefficient (Wildman–Crippen LogP) is 4.40. The number of hydrogen-bond acceptors (Lipinski definition) is 2. The van der Waals surface area contributed by atoms with Crippen LogP contribution in [0, 0.1) is 0 Å². The summed E-state index contributed by atoms with van der Waals surface area (Å²) in [7, 11) is 0. The Hall–Kier alpha value is -2.09. The number of aliphatic imine (C=N–C) groups is 1. The third-order valence-electron chi connectivity index (χ3n) is 5.44. The van der Waals surface area contributed by atoms with E-state index in [-0.39, 0.29) is 29.4 Å². The van der Waals surface area contributed by atoms with Crippen LogP contribution >= 0.6 is 24.0 Å². The number of aromatic nitrogens is 2. The molecule has 1 aliphatic rings. The van der Waals surface area contributed by atoms with Gasteiger partial charge < -0.3 is 15.6 Å². The number of rotatable bonds is 8. The molecule has 0 spiro atoms. The molecule has 1 aliphatic carbocycles. The van der Waals surface area contributed by atoms with Gasteiger partial charge in [0.05, 0.1) is 17.6 Å². The largest absolute Gasteiger partial charge is 0.357 e. The zero-order valence-corrected chi connectivity index (χ0v) is 19.3. The molecule has 1 fully saturated rings. The summed E-state index contributed by atoms with van der Waals surface area (Å²) < 4.78 is 0. The molecular formula is C23H30IN5. The molecular weight excluding hydrogens is 473 g/mol. The zero-order chi connectivity index (χ0) is 19.2. The number of imidazole rings is 1. The van der Waals surface area contributed by atoms with Gasteiger partial charge in [-0.15, -0.1) is 24.0 Å². The van der Waals surface area contributed by atoms with E-state index in [1.807, 2.05) is 18.2 Å². The lowest BCUT2D eigenvalue weighted by Gasteiger charge is -2.16. The number of hydrogen-bond donors (Lipinski definition) is 3. The van der Waals surface area contributed by atoms with Crippen LogP contribution in [-0.4, -0.2) is 35.6 Å². The highest BCUT2D eigenvalue weighted by Gasteiger charge is 2.43. The van der Waals surface area contributed by atoms with Gasteiger partial charge in [-0.05, 0) is 43.9 Å². The molecule has 2 aromatic carbocycles. The lowest BCUT2D eigenvalue weighted by molar-refractivity contribution is 0.684. The molecule has 4 rings (SSSR count). The highest BCUT2D eigenvalue weighted by atomic mass is 127. The minimum Gasteiger partial charge on any atom is -0.357 e. The molecule has 1 heterocycles. The summed E-state index contributed by atoms with van der Waals surface area (Å²) >= 11 is 0. The van der Waals surface area contributed by atoms with Crippen molar-refractivity contribution in [2.24, 2.45) is 4.99 Å². The normalized spacial score (nSPS) is 15.0. The van der Waals surface area contributed by atoms with Crippen molar-refractivity contribution in [2.75, 3.05) is 19.6 Å². The maximum atomic E-state index is 4.87. The van der Waals surface area contributed by atoms with Crippen molar-refractivity contribution in [1.82, 2.24) is 20.6 Å². The predicted molar refractivity (Wildman–Crippen MR) is 131 cm³/mol. The number of H-pyrrole nitrogens is 1. The number of nitrogens with zero attached hydrogens (tertiary/aromatic N) is 2. The molecule has 0 amide bonds. The Morgan fingerprint density at radius 2 is 1.83 bits per heavy atom. The fraction of sp³-hybridized carbons (Fsp3) is 0.391. The Labute approximate surface area is 189 Å². The second kappa shape index (κ2) is 10.1. The maximum absolute atomic E-state index is 4.87. The summed E-state index contributed by atoms with van der Waals surface area (Å²) in [4.78, 5) is 12.9. The average molecular weight is 503 g/mol. The van der Waals surface area contributed by atoms with Gasteiger partial charge >= 0.3 is 0 Å². The molecule has 0 atom stereocenters. The summed E-state index contributed by atoms with van der Waals surface area (Å²) in [6.07, 6.45) is 4.39. The van der Waals surface area contributed by atoms with Crippen LogP contribution in [0.25, 0.3) is 11.0 Å². The van der Waals surface area contributed by atoms with Crippen molar-refractivity contribution in [3.05, 3.63) is 66.0 Å². The van der Waals surface area contributed by atoms with Gasteiger partial charge in [0.15, 0.2) is 5.96 Å². The van der Waals surface area contributed by atoms with E-state index in [9.17, 15) is 0 Å². The summed E-state index contributed by atoms with van der Waals surface area (Å²) in [5.41, 5.74) is 3.81. The van der Waals surface area contributed by atoms with Crippen LogP contribution in [0.1, 0.15) is 37.6 Å². The Bertz CT molecular complexity index is 898. The molecule has 3 N–H and O–H groups in total. The van der Waals surface area contributed by atoms with Crippen LogP contribution in [-0.2, 0) is 11.8 Å². The van der Waals surface area contributed by atoms with E-state index in [1.165, 1.54) is 18.4 Å². The molecule has 0 radical (unpaired) electrons. The van der Waals surface area contributed by atoms with Crippen LogP contribution in [0.2, 0.25) is 0 Å². The van der Waals surface area contributed by atoms with E-state index in [2.05, 4.69) is 63.9 Å². The maximum Gasteiger partial charge on any atom is 0.191 e. The lowest BCUT2D eigenvalue weighted by Crippen LogP contribution is -2.38. The third kappa shape index (κ3) is 5.50. The van der Waals surface area contributed by atoms with Crippen LogP contribution in [0.4, 0.5) is 0 Å². The van der Waals surface area contributed by atoms with Crippen molar-refractivity contribution >= 4 is 41.0 Å². The quantitative estimate of drug-likeness (QED) is 0.185. The van der Waals surface area contributed by atoms with Crippen molar-refractivity contribution in [1.29, 1.82) is 0 Å². The Kier molecular flexibility index (Phi) is 7.52. The highest BCUT2D eigenvalue weighted by Crippen LogP contribution is 2.48. The number of aryl methyl sites for hydroxylation is 1. The molecule has 1 saturated carbocycles. The third-order valence-corrected chi connectivity index (χ3v) is 5.44. The number of para-hydroxylation sites is 2. The first-order valence-corrected chi connectivity index (χ1v) is 10.3. The highest BCUT2D eigenvalue weighted by molar-refractivity contribution is 14.0. The van der Waals surface area contributed by atoms with E-state index in [4.69, 9.17) is 4.99 Å². The van der Waals surface area contributed by atoms with Gasteiger partial charge in [0.25, 0.3) is 0 Å². The number of halogens is 1. The molecule has 29 heavy (non-hydrogen) atoms. The minimum absolute atomic E-state index is 0. The molecule has 6 heteroatoms. The average Bonchev–Trinajstić information content (AvgIpc) is 3.41. The molecule has 154 valence electrons. The van der Waals surface area contributed by atoms with E-state index in [1.54, 1.807) is 0 Å². The summed E-state index contributed by atoms with van der Waals surface area (Å²) in [6, 6.07) is 19.0. The molecule has 0 bridgehead atoms. The number of fused-ring (bicyclic) bond motifs is 1. The van der Waals surface area contributed by atoms with Crippen LogP contribution < -0.4 is 10.6 Å². The van der Waals surface area contributed by atoms with Crippen molar-refractivity contribution < 1.29 is 0 Å². The second-order valence-corrected chi connectivity index (χ2v) is 7.57. The Morgan fingerprint density at radius 1 is 1.07 bits per heavy atom. The molecule has 3 aromatic rings. The summed E-state index contributed by atoms with van der Waals surface area (Å²) in [6.45, 7) is 4.70. The topological polar surface area (TPSA) is 65.1 Å². The van der Waals surface area contributed by atoms with Gasteiger partial charge in [-0.2, -0.15) is 0 Å².